The van der Waals surface area contributed by atoms with Crippen LogP contribution < -0.4 is 5.32 Å². The van der Waals surface area contributed by atoms with Gasteiger partial charge in [0.05, 0.1) is 6.10 Å². The van der Waals surface area contributed by atoms with Gasteiger partial charge in [-0.25, -0.2) is 0 Å². The van der Waals surface area contributed by atoms with Gasteiger partial charge < -0.3 is 10.1 Å². The summed E-state index contributed by atoms with van der Waals surface area (Å²) in [5.74, 6) is 1.79. The molecule has 0 unspecified atom stereocenters. The summed E-state index contributed by atoms with van der Waals surface area (Å²) < 4.78 is 7.57. The Kier molecular flexibility index (Phi) is 3.25. The summed E-state index contributed by atoms with van der Waals surface area (Å²) in [6.07, 6.45) is 8.42. The zero-order chi connectivity index (χ0) is 14.4. The number of rotatable bonds is 3. The zero-order valence-electron chi connectivity index (χ0n) is 12.5. The van der Waals surface area contributed by atoms with Crippen LogP contribution in [-0.4, -0.2) is 34.4 Å². The van der Waals surface area contributed by atoms with Gasteiger partial charge in [-0.3, -0.25) is 9.48 Å². The molecule has 4 atom stereocenters. The van der Waals surface area contributed by atoms with Gasteiger partial charge in [-0.05, 0) is 18.4 Å². The van der Waals surface area contributed by atoms with Gasteiger partial charge in [0.2, 0.25) is 0 Å². The van der Waals surface area contributed by atoms with E-state index in [1.165, 1.54) is 25.7 Å². The Morgan fingerprint density at radius 3 is 2.90 bits per heavy atom. The third-order valence-electron chi connectivity index (χ3n) is 5.73. The Morgan fingerprint density at radius 1 is 1.38 bits per heavy atom. The Hall–Kier alpha value is -1.36. The van der Waals surface area contributed by atoms with Crippen molar-refractivity contribution in [2.24, 2.45) is 24.8 Å². The summed E-state index contributed by atoms with van der Waals surface area (Å²) in [4.78, 5) is 12.5. The molecule has 3 fully saturated rings. The molecule has 1 aromatic rings. The summed E-state index contributed by atoms with van der Waals surface area (Å²) in [7, 11) is 1.81. The molecule has 1 amide bonds. The van der Waals surface area contributed by atoms with E-state index in [9.17, 15) is 4.79 Å². The van der Waals surface area contributed by atoms with Gasteiger partial charge in [-0.1, -0.05) is 25.7 Å². The third-order valence-corrected chi connectivity index (χ3v) is 5.73. The topological polar surface area (TPSA) is 56.2 Å². The van der Waals surface area contributed by atoms with Crippen LogP contribution >= 0.6 is 0 Å². The minimum atomic E-state index is 0.00773. The molecule has 1 N–H and O–H groups in total. The lowest BCUT2D eigenvalue weighted by atomic mass is 9.61. The second-order valence-electron chi connectivity index (χ2n) is 6.75. The highest BCUT2D eigenvalue weighted by molar-refractivity contribution is 5.92. The smallest absolute Gasteiger partial charge is 0.269 e. The minimum absolute atomic E-state index is 0.00773. The molecule has 2 saturated carbocycles. The number of carbonyl (C=O) groups excluding carboxylic acids is 1. The molecule has 1 aliphatic heterocycles. The predicted molar refractivity (Wildman–Crippen MR) is 77.8 cm³/mol. The molecule has 5 nitrogen and oxygen atoms in total. The van der Waals surface area contributed by atoms with Gasteiger partial charge in [-0.2, -0.15) is 5.10 Å². The lowest BCUT2D eigenvalue weighted by molar-refractivity contribution is -0.0785. The van der Waals surface area contributed by atoms with Crippen LogP contribution in [0.25, 0.3) is 0 Å². The van der Waals surface area contributed by atoms with Crippen LogP contribution in [0.4, 0.5) is 0 Å². The zero-order valence-corrected chi connectivity index (χ0v) is 12.5. The average Bonchev–Trinajstić information content (AvgIpc) is 3.17. The largest absolute Gasteiger partial charge is 0.377 e. The lowest BCUT2D eigenvalue weighted by Gasteiger charge is -2.50. The van der Waals surface area contributed by atoms with E-state index in [1.54, 1.807) is 16.9 Å². The summed E-state index contributed by atoms with van der Waals surface area (Å²) >= 11 is 0. The Bertz CT molecular complexity index is 531. The van der Waals surface area contributed by atoms with E-state index in [4.69, 9.17) is 4.74 Å². The van der Waals surface area contributed by atoms with E-state index in [2.05, 4.69) is 10.4 Å². The van der Waals surface area contributed by atoms with Crippen LogP contribution in [0, 0.1) is 17.8 Å². The van der Waals surface area contributed by atoms with Crippen molar-refractivity contribution in [2.45, 2.75) is 44.2 Å². The van der Waals surface area contributed by atoms with Crippen LogP contribution in [0.1, 0.15) is 42.6 Å². The van der Waals surface area contributed by atoms with E-state index in [0.29, 0.717) is 29.7 Å². The number of nitrogens with one attached hydrogen (secondary N) is 1. The first-order valence-electron chi connectivity index (χ1n) is 8.16. The first-order chi connectivity index (χ1) is 10.3. The highest BCUT2D eigenvalue weighted by atomic mass is 16.5. The van der Waals surface area contributed by atoms with Gasteiger partial charge in [0.1, 0.15) is 5.69 Å². The number of nitrogens with zero attached hydrogens (tertiary/aromatic N) is 2. The maximum absolute atomic E-state index is 12.5. The molecule has 0 spiro atoms. The number of amides is 1. The first-order valence-corrected chi connectivity index (χ1v) is 8.16. The molecule has 0 radical (unpaired) electrons. The van der Waals surface area contributed by atoms with Crippen molar-refractivity contribution in [3.05, 3.63) is 18.0 Å². The van der Waals surface area contributed by atoms with Gasteiger partial charge in [0.15, 0.2) is 0 Å². The van der Waals surface area contributed by atoms with E-state index < -0.39 is 0 Å². The second-order valence-corrected chi connectivity index (χ2v) is 6.75. The van der Waals surface area contributed by atoms with Crippen molar-refractivity contribution >= 4 is 5.91 Å². The Labute approximate surface area is 125 Å². The van der Waals surface area contributed by atoms with E-state index in [1.807, 2.05) is 7.05 Å². The van der Waals surface area contributed by atoms with Crippen molar-refractivity contribution in [1.82, 2.24) is 15.1 Å². The van der Waals surface area contributed by atoms with Crippen LogP contribution in [0.5, 0.6) is 0 Å². The van der Waals surface area contributed by atoms with Crippen LogP contribution in [0.3, 0.4) is 0 Å². The van der Waals surface area contributed by atoms with Crippen LogP contribution in [0.15, 0.2) is 12.3 Å². The fourth-order valence-electron chi connectivity index (χ4n) is 4.68. The molecule has 114 valence electrons. The van der Waals surface area contributed by atoms with Crippen molar-refractivity contribution in [3.63, 3.8) is 0 Å². The monoisotopic (exact) mass is 289 g/mol. The molecule has 0 aromatic carbocycles. The standard InChI is InChI=1S/C16H23N3O2/c1-19-12(6-8-17-19)16(20)18-14-11-7-9-21-15(11)13(14)10-4-2-3-5-10/h6,8,10-11,13-15H,2-5,7,9H2,1H3,(H,18,20)/t11-,13+,14-,15-/m0/s1. The third kappa shape index (κ3) is 2.09. The quantitative estimate of drug-likeness (QED) is 0.922. The summed E-state index contributed by atoms with van der Waals surface area (Å²) in [5.41, 5.74) is 0.641. The SMILES string of the molecule is Cn1nccc1C(=O)N[C@H]1[C@@H]2CCO[C@@H]2[C@@H]1C1CCCC1. The molecule has 1 saturated heterocycles. The molecular formula is C16H23N3O2. The summed E-state index contributed by atoms with van der Waals surface area (Å²) in [6.45, 7) is 0.858. The minimum Gasteiger partial charge on any atom is -0.377 e. The maximum atomic E-state index is 12.5. The fourth-order valence-corrected chi connectivity index (χ4v) is 4.68. The molecule has 21 heavy (non-hydrogen) atoms. The number of ether oxygens (including phenoxy) is 1. The van der Waals surface area contributed by atoms with Gasteiger partial charge >= 0.3 is 0 Å². The number of aryl methyl sites for hydroxylation is 1. The Balaban J connectivity index is 1.50. The molecular weight excluding hydrogens is 266 g/mol. The average molecular weight is 289 g/mol. The highest BCUT2D eigenvalue weighted by Gasteiger charge is 2.57. The first kappa shape index (κ1) is 13.3. The number of aromatic nitrogens is 2. The molecule has 5 heteroatoms. The highest BCUT2D eigenvalue weighted by Crippen LogP contribution is 2.51. The number of hydrogen-bond donors (Lipinski definition) is 1. The molecule has 0 bridgehead atoms. The van der Waals surface area contributed by atoms with Crippen molar-refractivity contribution < 1.29 is 9.53 Å². The molecule has 4 rings (SSSR count). The molecule has 2 aliphatic carbocycles. The van der Waals surface area contributed by atoms with Crippen LogP contribution in [0.2, 0.25) is 0 Å². The van der Waals surface area contributed by atoms with Crippen molar-refractivity contribution in [1.29, 1.82) is 0 Å². The van der Waals surface area contributed by atoms with Crippen molar-refractivity contribution in [3.8, 4) is 0 Å². The fraction of sp³-hybridized carbons (Fsp3) is 0.750. The number of hydrogen-bond acceptors (Lipinski definition) is 3. The van der Waals surface area contributed by atoms with E-state index in [-0.39, 0.29) is 5.91 Å². The number of fused-ring (bicyclic) bond motifs is 1. The van der Waals surface area contributed by atoms with Gasteiger partial charge in [0.25, 0.3) is 5.91 Å². The van der Waals surface area contributed by atoms with E-state index in [0.717, 1.165) is 18.9 Å². The van der Waals surface area contributed by atoms with Gasteiger partial charge in [-0.15, -0.1) is 0 Å². The molecule has 2 heterocycles. The lowest BCUT2D eigenvalue weighted by Crippen LogP contribution is -2.63. The van der Waals surface area contributed by atoms with E-state index >= 15 is 0 Å². The summed E-state index contributed by atoms with van der Waals surface area (Å²) in [6, 6.07) is 2.07. The van der Waals surface area contributed by atoms with Gasteiger partial charge in [0, 0.05) is 37.7 Å². The molecule has 1 aromatic heterocycles. The summed E-state index contributed by atoms with van der Waals surface area (Å²) in [5, 5.41) is 7.36. The second kappa shape index (κ2) is 5.13. The van der Waals surface area contributed by atoms with Crippen molar-refractivity contribution in [2.75, 3.05) is 6.61 Å². The molecule has 3 aliphatic rings. The maximum Gasteiger partial charge on any atom is 0.269 e. The van der Waals surface area contributed by atoms with Crippen LogP contribution in [-0.2, 0) is 11.8 Å². The normalized spacial score (nSPS) is 35.5. The predicted octanol–water partition coefficient (Wildman–Crippen LogP) is 1.74. The number of carbonyl (C=O) groups is 1. The Morgan fingerprint density at radius 2 is 2.19 bits per heavy atom.